The monoisotopic (exact) mass is 317 g/mol. The van der Waals surface area contributed by atoms with Crippen molar-refractivity contribution in [3.8, 4) is 5.75 Å². The third-order valence-electron chi connectivity index (χ3n) is 4.30. The molecule has 0 radical (unpaired) electrons. The molecule has 3 amide bonds. The van der Waals surface area contributed by atoms with E-state index >= 15 is 0 Å². The number of benzene rings is 1. The lowest BCUT2D eigenvalue weighted by Crippen LogP contribution is -2.32. The number of nitrogens with zero attached hydrogens (tertiary/aromatic N) is 2. The molecule has 0 bridgehead atoms. The Labute approximate surface area is 136 Å². The van der Waals surface area contributed by atoms with Crippen LogP contribution in [0.3, 0.4) is 0 Å². The van der Waals surface area contributed by atoms with Gasteiger partial charge in [0.15, 0.2) is 6.61 Å². The van der Waals surface area contributed by atoms with Gasteiger partial charge in [0, 0.05) is 37.9 Å². The first-order valence-corrected chi connectivity index (χ1v) is 8.29. The molecule has 0 saturated carbocycles. The van der Waals surface area contributed by atoms with E-state index in [0.717, 1.165) is 51.9 Å². The predicted molar refractivity (Wildman–Crippen MR) is 87.6 cm³/mol. The number of carbonyl (C=O) groups is 2. The number of carbonyl (C=O) groups excluding carboxylic acids is 2. The summed E-state index contributed by atoms with van der Waals surface area (Å²) in [6.45, 7) is 3.32. The first-order chi connectivity index (χ1) is 11.2. The Morgan fingerprint density at radius 1 is 1.00 bits per heavy atom. The molecule has 0 spiro atoms. The van der Waals surface area contributed by atoms with Gasteiger partial charge in [0.05, 0.1) is 0 Å². The summed E-state index contributed by atoms with van der Waals surface area (Å²) in [5, 5.41) is 2.88. The van der Waals surface area contributed by atoms with Crippen molar-refractivity contribution in [2.24, 2.45) is 0 Å². The van der Waals surface area contributed by atoms with Crippen molar-refractivity contribution in [1.29, 1.82) is 0 Å². The lowest BCUT2D eigenvalue weighted by atomic mass is 10.3. The van der Waals surface area contributed by atoms with E-state index < -0.39 is 0 Å². The molecule has 0 atom stereocenters. The van der Waals surface area contributed by atoms with Gasteiger partial charge in [-0.1, -0.05) is 6.07 Å². The maximum absolute atomic E-state index is 12.1. The van der Waals surface area contributed by atoms with E-state index in [4.69, 9.17) is 4.74 Å². The van der Waals surface area contributed by atoms with Crippen molar-refractivity contribution in [3.63, 3.8) is 0 Å². The average molecular weight is 317 g/mol. The van der Waals surface area contributed by atoms with Gasteiger partial charge in [0.1, 0.15) is 5.75 Å². The van der Waals surface area contributed by atoms with Crippen LogP contribution in [0.2, 0.25) is 0 Å². The molecule has 23 heavy (non-hydrogen) atoms. The van der Waals surface area contributed by atoms with Crippen molar-refractivity contribution in [2.75, 3.05) is 38.1 Å². The Bertz CT molecular complexity index is 564. The molecule has 2 aliphatic rings. The second kappa shape index (κ2) is 7.35. The minimum atomic E-state index is -0.0761. The summed E-state index contributed by atoms with van der Waals surface area (Å²) in [5.41, 5.74) is 0.688. The van der Waals surface area contributed by atoms with Crippen LogP contribution in [0.1, 0.15) is 25.7 Å². The molecule has 1 aromatic carbocycles. The maximum Gasteiger partial charge on any atom is 0.321 e. The maximum atomic E-state index is 12.1. The third-order valence-corrected chi connectivity index (χ3v) is 4.30. The van der Waals surface area contributed by atoms with Crippen LogP contribution in [0, 0.1) is 0 Å². The Morgan fingerprint density at radius 3 is 2.35 bits per heavy atom. The molecule has 6 heteroatoms. The van der Waals surface area contributed by atoms with E-state index in [1.807, 2.05) is 21.9 Å². The van der Waals surface area contributed by atoms with E-state index in [9.17, 15) is 9.59 Å². The molecule has 6 nitrogen and oxygen atoms in total. The zero-order chi connectivity index (χ0) is 16.1. The van der Waals surface area contributed by atoms with E-state index in [1.54, 1.807) is 12.1 Å². The highest BCUT2D eigenvalue weighted by Crippen LogP contribution is 2.19. The summed E-state index contributed by atoms with van der Waals surface area (Å²) < 4.78 is 5.57. The first-order valence-electron chi connectivity index (χ1n) is 8.29. The van der Waals surface area contributed by atoms with Crippen LogP contribution >= 0.6 is 0 Å². The molecule has 2 heterocycles. The predicted octanol–water partition coefficient (Wildman–Crippen LogP) is 2.32. The molecule has 124 valence electrons. The van der Waals surface area contributed by atoms with Gasteiger partial charge in [0.25, 0.3) is 5.91 Å². The van der Waals surface area contributed by atoms with Gasteiger partial charge >= 0.3 is 6.03 Å². The van der Waals surface area contributed by atoms with Crippen molar-refractivity contribution in [2.45, 2.75) is 25.7 Å². The number of hydrogen-bond acceptors (Lipinski definition) is 3. The Kier molecular flexibility index (Phi) is 5.00. The average Bonchev–Trinajstić information content (AvgIpc) is 3.25. The topological polar surface area (TPSA) is 61.9 Å². The fourth-order valence-corrected chi connectivity index (χ4v) is 2.99. The fraction of sp³-hybridized carbons (Fsp3) is 0.529. The summed E-state index contributed by atoms with van der Waals surface area (Å²) in [6.07, 6.45) is 4.28. The molecule has 1 N–H and O–H groups in total. The Balaban J connectivity index is 1.52. The van der Waals surface area contributed by atoms with Crippen LogP contribution in [0.5, 0.6) is 5.75 Å². The first kappa shape index (κ1) is 15.6. The van der Waals surface area contributed by atoms with E-state index in [2.05, 4.69) is 5.32 Å². The van der Waals surface area contributed by atoms with Crippen LogP contribution < -0.4 is 10.1 Å². The molecule has 2 aliphatic heterocycles. The smallest absolute Gasteiger partial charge is 0.321 e. The normalized spacial score (nSPS) is 17.4. The molecule has 2 saturated heterocycles. The number of urea groups is 1. The third kappa shape index (κ3) is 4.15. The Hall–Kier alpha value is -2.24. The minimum Gasteiger partial charge on any atom is -0.484 e. The molecular weight excluding hydrogens is 294 g/mol. The number of nitrogens with one attached hydrogen (secondary N) is 1. The van der Waals surface area contributed by atoms with E-state index in [-0.39, 0.29) is 18.5 Å². The number of hydrogen-bond donors (Lipinski definition) is 1. The van der Waals surface area contributed by atoms with Crippen molar-refractivity contribution in [1.82, 2.24) is 9.80 Å². The van der Waals surface area contributed by atoms with Crippen molar-refractivity contribution < 1.29 is 14.3 Å². The summed E-state index contributed by atoms with van der Waals surface area (Å²) in [4.78, 5) is 27.7. The standard InChI is InChI=1S/C17H23N3O3/c21-16(19-8-1-2-9-19)13-23-15-7-5-6-14(12-15)18-17(22)20-10-3-4-11-20/h5-7,12H,1-4,8-11,13H2,(H,18,22). The second-order valence-electron chi connectivity index (χ2n) is 6.03. The zero-order valence-electron chi connectivity index (χ0n) is 13.3. The van der Waals surface area contributed by atoms with Gasteiger partial charge in [0.2, 0.25) is 0 Å². The van der Waals surface area contributed by atoms with Gasteiger partial charge in [-0.2, -0.15) is 0 Å². The summed E-state index contributed by atoms with van der Waals surface area (Å²) in [7, 11) is 0. The van der Waals surface area contributed by atoms with E-state index in [1.165, 1.54) is 0 Å². The van der Waals surface area contributed by atoms with Crippen LogP contribution in [0.15, 0.2) is 24.3 Å². The van der Waals surface area contributed by atoms with Gasteiger partial charge in [-0.25, -0.2) is 4.79 Å². The quantitative estimate of drug-likeness (QED) is 0.927. The number of rotatable bonds is 4. The lowest BCUT2D eigenvalue weighted by molar-refractivity contribution is -0.132. The second-order valence-corrected chi connectivity index (χ2v) is 6.03. The SMILES string of the molecule is O=C(COc1cccc(NC(=O)N2CCCC2)c1)N1CCCC1. The van der Waals surface area contributed by atoms with Gasteiger partial charge in [-0.05, 0) is 37.8 Å². The van der Waals surface area contributed by atoms with Crippen LogP contribution in [0.25, 0.3) is 0 Å². The summed E-state index contributed by atoms with van der Waals surface area (Å²) >= 11 is 0. The zero-order valence-corrected chi connectivity index (χ0v) is 13.3. The Morgan fingerprint density at radius 2 is 1.65 bits per heavy atom. The fourth-order valence-electron chi connectivity index (χ4n) is 2.99. The van der Waals surface area contributed by atoms with Crippen LogP contribution in [-0.4, -0.2) is 54.5 Å². The lowest BCUT2D eigenvalue weighted by Gasteiger charge is -2.17. The molecule has 3 rings (SSSR count). The highest BCUT2D eigenvalue weighted by Gasteiger charge is 2.19. The number of likely N-dealkylation sites (tertiary alicyclic amines) is 2. The summed E-state index contributed by atoms with van der Waals surface area (Å²) in [6, 6.07) is 7.11. The summed E-state index contributed by atoms with van der Waals surface area (Å²) in [5.74, 6) is 0.616. The molecule has 1 aromatic rings. The van der Waals surface area contributed by atoms with Gasteiger partial charge in [-0.3, -0.25) is 4.79 Å². The molecule has 0 aromatic heterocycles. The van der Waals surface area contributed by atoms with E-state index in [0.29, 0.717) is 11.4 Å². The molecule has 0 unspecified atom stereocenters. The molecular formula is C17H23N3O3. The highest BCUT2D eigenvalue weighted by atomic mass is 16.5. The molecule has 2 fully saturated rings. The van der Waals surface area contributed by atoms with Crippen molar-refractivity contribution >= 4 is 17.6 Å². The number of anilines is 1. The van der Waals surface area contributed by atoms with Gasteiger partial charge < -0.3 is 19.9 Å². The molecule has 0 aliphatic carbocycles. The van der Waals surface area contributed by atoms with Gasteiger partial charge in [-0.15, -0.1) is 0 Å². The van der Waals surface area contributed by atoms with Crippen molar-refractivity contribution in [3.05, 3.63) is 24.3 Å². The number of amides is 3. The number of ether oxygens (including phenoxy) is 1. The van der Waals surface area contributed by atoms with Crippen LogP contribution in [-0.2, 0) is 4.79 Å². The van der Waals surface area contributed by atoms with Crippen LogP contribution in [0.4, 0.5) is 10.5 Å². The highest BCUT2D eigenvalue weighted by molar-refractivity contribution is 5.89. The largest absolute Gasteiger partial charge is 0.484 e. The minimum absolute atomic E-state index is 0.0222.